The number of hydrogen-bond donors (Lipinski definition) is 0. The van der Waals surface area contributed by atoms with Crippen molar-refractivity contribution in [1.82, 2.24) is 0 Å². The summed E-state index contributed by atoms with van der Waals surface area (Å²) in [6.07, 6.45) is 1.23. The first-order valence-corrected chi connectivity index (χ1v) is 4.98. The van der Waals surface area contributed by atoms with Crippen molar-refractivity contribution in [3.8, 4) is 0 Å². The summed E-state index contributed by atoms with van der Waals surface area (Å²) in [6, 6.07) is 7.50. The molecule has 1 unspecified atom stereocenters. The minimum Gasteiger partial charge on any atom is -0.366 e. The van der Waals surface area contributed by atoms with Crippen LogP contribution in [0.25, 0.3) is 0 Å². The van der Waals surface area contributed by atoms with Gasteiger partial charge in [-0.1, -0.05) is 35.9 Å². The second-order valence-electron chi connectivity index (χ2n) is 3.49. The summed E-state index contributed by atoms with van der Waals surface area (Å²) in [5, 5.41) is 0. The monoisotopic (exact) mass is 204 g/mol. The number of ether oxygens (including phenoxy) is 1. The number of ketones is 1. The van der Waals surface area contributed by atoms with E-state index in [0.717, 1.165) is 5.56 Å². The zero-order chi connectivity index (χ0) is 11.3. The molecule has 1 aromatic carbocycles. The summed E-state index contributed by atoms with van der Waals surface area (Å²) < 4.78 is 5.27. The van der Waals surface area contributed by atoms with Gasteiger partial charge in [0, 0.05) is 5.56 Å². The molecule has 0 aromatic heterocycles. The van der Waals surface area contributed by atoms with Crippen molar-refractivity contribution in [2.45, 2.75) is 20.0 Å². The summed E-state index contributed by atoms with van der Waals surface area (Å²) in [5.74, 6) is 0.0110. The molecule has 0 spiro atoms. The van der Waals surface area contributed by atoms with Gasteiger partial charge < -0.3 is 4.74 Å². The topological polar surface area (TPSA) is 26.3 Å². The molecule has 0 saturated carbocycles. The Morgan fingerprint density at radius 2 is 2.07 bits per heavy atom. The fourth-order valence-electron chi connectivity index (χ4n) is 1.24. The van der Waals surface area contributed by atoms with Gasteiger partial charge in [-0.2, -0.15) is 0 Å². The molecule has 15 heavy (non-hydrogen) atoms. The highest BCUT2D eigenvalue weighted by molar-refractivity contribution is 5.99. The van der Waals surface area contributed by atoms with Gasteiger partial charge in [0.25, 0.3) is 0 Å². The minimum atomic E-state index is -0.411. The van der Waals surface area contributed by atoms with Crippen LogP contribution in [0.2, 0.25) is 0 Å². The number of carbonyl (C=O) groups excluding carboxylic acids is 1. The lowest BCUT2D eigenvalue weighted by Crippen LogP contribution is -2.20. The van der Waals surface area contributed by atoms with Crippen molar-refractivity contribution >= 4 is 5.78 Å². The van der Waals surface area contributed by atoms with E-state index in [0.29, 0.717) is 12.2 Å². The number of aryl methyl sites for hydroxylation is 1. The Bertz CT molecular complexity index is 338. The molecular weight excluding hydrogens is 188 g/mol. The summed E-state index contributed by atoms with van der Waals surface area (Å²) in [6.45, 7) is 7.69. The van der Waals surface area contributed by atoms with E-state index >= 15 is 0 Å². The molecule has 1 aromatic rings. The molecule has 0 radical (unpaired) electrons. The van der Waals surface area contributed by atoms with Crippen molar-refractivity contribution in [2.75, 3.05) is 6.61 Å². The molecule has 0 aliphatic carbocycles. The van der Waals surface area contributed by atoms with Gasteiger partial charge in [0.15, 0.2) is 5.78 Å². The van der Waals surface area contributed by atoms with E-state index in [1.54, 1.807) is 13.0 Å². The molecule has 2 heteroatoms. The van der Waals surface area contributed by atoms with Crippen LogP contribution in [0.3, 0.4) is 0 Å². The SMILES string of the molecule is C=CCOC(C)C(=O)c1ccc(C)cc1. The molecule has 0 aliphatic heterocycles. The zero-order valence-electron chi connectivity index (χ0n) is 9.19. The number of Topliss-reactive ketones (excluding diaryl/α,β-unsaturated/α-hetero) is 1. The van der Waals surface area contributed by atoms with Crippen LogP contribution >= 0.6 is 0 Å². The van der Waals surface area contributed by atoms with Crippen molar-refractivity contribution in [2.24, 2.45) is 0 Å². The fourth-order valence-corrected chi connectivity index (χ4v) is 1.24. The standard InChI is InChI=1S/C13H16O2/c1-4-9-15-11(3)13(14)12-7-5-10(2)6-8-12/h4-8,11H,1,9H2,2-3H3. The first kappa shape index (κ1) is 11.7. The maximum Gasteiger partial charge on any atom is 0.191 e. The van der Waals surface area contributed by atoms with Crippen LogP contribution in [0.1, 0.15) is 22.8 Å². The number of carbonyl (C=O) groups is 1. The Hall–Kier alpha value is -1.41. The normalized spacial score (nSPS) is 12.1. The van der Waals surface area contributed by atoms with Crippen molar-refractivity contribution in [3.05, 3.63) is 48.0 Å². The Labute approximate surface area is 90.6 Å². The molecule has 0 saturated heterocycles. The smallest absolute Gasteiger partial charge is 0.191 e. The molecule has 0 N–H and O–H groups in total. The molecule has 0 heterocycles. The van der Waals surface area contributed by atoms with E-state index in [1.807, 2.05) is 31.2 Å². The molecule has 0 fully saturated rings. The minimum absolute atomic E-state index is 0.0110. The largest absolute Gasteiger partial charge is 0.366 e. The lowest BCUT2D eigenvalue weighted by atomic mass is 10.1. The Morgan fingerprint density at radius 3 is 2.60 bits per heavy atom. The summed E-state index contributed by atoms with van der Waals surface area (Å²) in [4.78, 5) is 11.8. The molecule has 0 amide bonds. The van der Waals surface area contributed by atoms with E-state index in [2.05, 4.69) is 6.58 Å². The van der Waals surface area contributed by atoms with Gasteiger partial charge in [-0.15, -0.1) is 6.58 Å². The average Bonchev–Trinajstić information content (AvgIpc) is 2.26. The Balaban J connectivity index is 2.67. The van der Waals surface area contributed by atoms with Gasteiger partial charge >= 0.3 is 0 Å². The molecule has 1 rings (SSSR count). The maximum atomic E-state index is 11.8. The highest BCUT2D eigenvalue weighted by atomic mass is 16.5. The zero-order valence-corrected chi connectivity index (χ0v) is 9.19. The third kappa shape index (κ3) is 3.33. The maximum absolute atomic E-state index is 11.8. The predicted octanol–water partition coefficient (Wildman–Crippen LogP) is 2.77. The summed E-state index contributed by atoms with van der Waals surface area (Å²) >= 11 is 0. The highest BCUT2D eigenvalue weighted by Gasteiger charge is 2.14. The van der Waals surface area contributed by atoms with Crippen LogP contribution in [-0.2, 0) is 4.74 Å². The van der Waals surface area contributed by atoms with Crippen LogP contribution in [0.4, 0.5) is 0 Å². The van der Waals surface area contributed by atoms with Crippen molar-refractivity contribution < 1.29 is 9.53 Å². The Kier molecular flexibility index (Phi) is 4.25. The first-order valence-electron chi connectivity index (χ1n) is 4.98. The number of rotatable bonds is 5. The second-order valence-corrected chi connectivity index (χ2v) is 3.49. The van der Waals surface area contributed by atoms with Gasteiger partial charge in [0.05, 0.1) is 6.61 Å². The molecular formula is C13H16O2. The summed E-state index contributed by atoms with van der Waals surface area (Å²) in [5.41, 5.74) is 1.84. The lowest BCUT2D eigenvalue weighted by Gasteiger charge is -2.10. The first-order chi connectivity index (χ1) is 7.15. The van der Waals surface area contributed by atoms with E-state index < -0.39 is 6.10 Å². The molecule has 2 nitrogen and oxygen atoms in total. The summed E-state index contributed by atoms with van der Waals surface area (Å²) in [7, 11) is 0. The highest BCUT2D eigenvalue weighted by Crippen LogP contribution is 2.08. The van der Waals surface area contributed by atoms with Crippen LogP contribution in [0, 0.1) is 6.92 Å². The van der Waals surface area contributed by atoms with Gasteiger partial charge in [-0.05, 0) is 13.8 Å². The van der Waals surface area contributed by atoms with Gasteiger partial charge in [0.1, 0.15) is 6.10 Å². The molecule has 1 atom stereocenters. The van der Waals surface area contributed by atoms with Crippen LogP contribution in [0.5, 0.6) is 0 Å². The van der Waals surface area contributed by atoms with Crippen LogP contribution in [-0.4, -0.2) is 18.5 Å². The van der Waals surface area contributed by atoms with E-state index in [4.69, 9.17) is 4.74 Å². The third-order valence-electron chi connectivity index (χ3n) is 2.17. The Morgan fingerprint density at radius 1 is 1.47 bits per heavy atom. The second kappa shape index (κ2) is 5.47. The number of benzene rings is 1. The van der Waals surface area contributed by atoms with Crippen LogP contribution < -0.4 is 0 Å². The quantitative estimate of drug-likeness (QED) is 0.544. The van der Waals surface area contributed by atoms with E-state index in [-0.39, 0.29) is 5.78 Å². The van der Waals surface area contributed by atoms with Crippen molar-refractivity contribution in [3.63, 3.8) is 0 Å². The van der Waals surface area contributed by atoms with Gasteiger partial charge in [-0.3, -0.25) is 4.79 Å². The molecule has 80 valence electrons. The van der Waals surface area contributed by atoms with Crippen LogP contribution in [0.15, 0.2) is 36.9 Å². The molecule has 0 bridgehead atoms. The van der Waals surface area contributed by atoms with Crippen molar-refractivity contribution in [1.29, 1.82) is 0 Å². The lowest BCUT2D eigenvalue weighted by molar-refractivity contribution is 0.0566. The molecule has 0 aliphatic rings. The third-order valence-corrected chi connectivity index (χ3v) is 2.17. The van der Waals surface area contributed by atoms with Gasteiger partial charge in [0.2, 0.25) is 0 Å². The van der Waals surface area contributed by atoms with E-state index in [9.17, 15) is 4.79 Å². The van der Waals surface area contributed by atoms with Gasteiger partial charge in [-0.25, -0.2) is 0 Å². The predicted molar refractivity (Wildman–Crippen MR) is 61.1 cm³/mol. The fraction of sp³-hybridized carbons (Fsp3) is 0.308. The number of hydrogen-bond acceptors (Lipinski definition) is 2. The average molecular weight is 204 g/mol. The van der Waals surface area contributed by atoms with E-state index in [1.165, 1.54) is 0 Å².